The average molecular weight is 393 g/mol. The molecule has 4 heteroatoms. The first-order valence-electron chi connectivity index (χ1n) is 7.47. The number of halogens is 1. The summed E-state index contributed by atoms with van der Waals surface area (Å²) in [7, 11) is 0. The van der Waals surface area contributed by atoms with Gasteiger partial charge in [-0.25, -0.2) is 9.97 Å². The van der Waals surface area contributed by atoms with Crippen molar-refractivity contribution in [3.8, 4) is 11.4 Å². The molecule has 0 bridgehead atoms. The normalized spacial score (nSPS) is 15.6. The lowest BCUT2D eigenvalue weighted by Crippen LogP contribution is -2.08. The van der Waals surface area contributed by atoms with Crippen molar-refractivity contribution in [1.29, 1.82) is 0 Å². The zero-order chi connectivity index (χ0) is 15.0. The molecule has 1 saturated carbocycles. The number of benzene rings is 1. The van der Waals surface area contributed by atoms with Gasteiger partial charge in [-0.2, -0.15) is 0 Å². The number of hydrogen-bond donors (Lipinski definition) is 1. The van der Waals surface area contributed by atoms with Crippen LogP contribution < -0.4 is 5.73 Å². The fourth-order valence-corrected chi connectivity index (χ4v) is 3.91. The highest BCUT2D eigenvalue weighted by atomic mass is 127. The van der Waals surface area contributed by atoms with E-state index in [1.165, 1.54) is 36.8 Å². The van der Waals surface area contributed by atoms with Gasteiger partial charge in [0, 0.05) is 11.5 Å². The van der Waals surface area contributed by atoms with E-state index in [-0.39, 0.29) is 0 Å². The zero-order valence-corrected chi connectivity index (χ0v) is 14.6. The van der Waals surface area contributed by atoms with E-state index < -0.39 is 0 Å². The molecule has 0 spiro atoms. The Morgan fingerprint density at radius 1 is 1.10 bits per heavy atom. The van der Waals surface area contributed by atoms with Crippen LogP contribution in [0.2, 0.25) is 0 Å². The number of nitrogen functional groups attached to an aromatic ring is 1. The second-order valence-electron chi connectivity index (χ2n) is 5.88. The summed E-state index contributed by atoms with van der Waals surface area (Å²) in [5.41, 5.74) is 10.8. The van der Waals surface area contributed by atoms with Crippen LogP contribution in [0.4, 0.5) is 5.82 Å². The van der Waals surface area contributed by atoms with E-state index >= 15 is 0 Å². The van der Waals surface area contributed by atoms with E-state index in [1.807, 2.05) is 0 Å². The standard InChI is InChI=1S/C17H20IN3/c1-10-6-5-7-11(2)13(10)17-20-15(12-8-3-4-9-12)14(18)16(19)21-17/h5-7,12H,3-4,8-9H2,1-2H3,(H2,19,20,21). The van der Waals surface area contributed by atoms with Gasteiger partial charge in [-0.3, -0.25) is 0 Å². The molecule has 1 heterocycles. The van der Waals surface area contributed by atoms with Crippen LogP contribution in [0, 0.1) is 17.4 Å². The molecule has 0 amide bonds. The molecule has 21 heavy (non-hydrogen) atoms. The van der Waals surface area contributed by atoms with Crippen LogP contribution in [0.25, 0.3) is 11.4 Å². The summed E-state index contributed by atoms with van der Waals surface area (Å²) in [5.74, 6) is 1.95. The fourth-order valence-electron chi connectivity index (χ4n) is 3.23. The van der Waals surface area contributed by atoms with Gasteiger partial charge in [-0.05, 0) is 60.4 Å². The Hall–Kier alpha value is -1.17. The monoisotopic (exact) mass is 393 g/mol. The maximum atomic E-state index is 6.17. The second kappa shape index (κ2) is 5.91. The minimum absolute atomic E-state index is 0.547. The van der Waals surface area contributed by atoms with Gasteiger partial charge >= 0.3 is 0 Å². The molecular formula is C17H20IN3. The Balaban J connectivity index is 2.16. The van der Waals surface area contributed by atoms with Crippen molar-refractivity contribution >= 4 is 28.4 Å². The second-order valence-corrected chi connectivity index (χ2v) is 6.96. The number of aromatic nitrogens is 2. The van der Waals surface area contributed by atoms with Crippen LogP contribution in [0.3, 0.4) is 0 Å². The van der Waals surface area contributed by atoms with Crippen LogP contribution in [-0.2, 0) is 0 Å². The average Bonchev–Trinajstić information content (AvgIpc) is 2.96. The number of nitrogens with two attached hydrogens (primary N) is 1. The summed E-state index contributed by atoms with van der Waals surface area (Å²) >= 11 is 2.30. The van der Waals surface area contributed by atoms with Crippen molar-refractivity contribution in [3.05, 3.63) is 38.6 Å². The van der Waals surface area contributed by atoms with Crippen LogP contribution >= 0.6 is 22.6 Å². The van der Waals surface area contributed by atoms with Gasteiger partial charge < -0.3 is 5.73 Å². The molecule has 3 nitrogen and oxygen atoms in total. The minimum Gasteiger partial charge on any atom is -0.383 e. The lowest BCUT2D eigenvalue weighted by Gasteiger charge is -2.16. The molecule has 110 valence electrons. The van der Waals surface area contributed by atoms with Gasteiger partial charge in [0.2, 0.25) is 0 Å². The molecular weight excluding hydrogens is 373 g/mol. The Bertz CT molecular complexity index is 656. The minimum atomic E-state index is 0.547. The number of rotatable bonds is 2. The van der Waals surface area contributed by atoms with E-state index in [0.29, 0.717) is 11.7 Å². The Labute approximate surface area is 139 Å². The molecule has 3 rings (SSSR count). The fraction of sp³-hybridized carbons (Fsp3) is 0.412. The number of nitrogens with zero attached hydrogens (tertiary/aromatic N) is 2. The number of aryl methyl sites for hydroxylation is 2. The van der Waals surface area contributed by atoms with E-state index in [1.54, 1.807) is 0 Å². The van der Waals surface area contributed by atoms with Crippen molar-refractivity contribution < 1.29 is 0 Å². The molecule has 2 aromatic rings. The number of anilines is 1. The van der Waals surface area contributed by atoms with Crippen molar-refractivity contribution in [2.24, 2.45) is 0 Å². The molecule has 0 saturated heterocycles. The van der Waals surface area contributed by atoms with Crippen LogP contribution in [-0.4, -0.2) is 9.97 Å². The van der Waals surface area contributed by atoms with E-state index in [0.717, 1.165) is 20.7 Å². The molecule has 2 N–H and O–H groups in total. The highest BCUT2D eigenvalue weighted by Crippen LogP contribution is 2.37. The van der Waals surface area contributed by atoms with Crippen molar-refractivity contribution in [3.63, 3.8) is 0 Å². The first-order chi connectivity index (χ1) is 10.1. The van der Waals surface area contributed by atoms with Crippen LogP contribution in [0.5, 0.6) is 0 Å². The highest BCUT2D eigenvalue weighted by molar-refractivity contribution is 14.1. The summed E-state index contributed by atoms with van der Waals surface area (Å²) in [6, 6.07) is 6.28. The van der Waals surface area contributed by atoms with Gasteiger partial charge in [0.1, 0.15) is 5.82 Å². The highest BCUT2D eigenvalue weighted by Gasteiger charge is 2.24. The Kier molecular flexibility index (Phi) is 4.15. The Morgan fingerprint density at radius 2 is 1.71 bits per heavy atom. The number of hydrogen-bond acceptors (Lipinski definition) is 3. The van der Waals surface area contributed by atoms with Crippen molar-refractivity contribution in [2.75, 3.05) is 5.73 Å². The van der Waals surface area contributed by atoms with E-state index in [4.69, 9.17) is 10.7 Å². The predicted octanol–water partition coefficient (Wildman–Crippen LogP) is 4.60. The van der Waals surface area contributed by atoms with Crippen LogP contribution in [0.15, 0.2) is 18.2 Å². The third-order valence-electron chi connectivity index (χ3n) is 4.35. The topological polar surface area (TPSA) is 51.8 Å². The summed E-state index contributed by atoms with van der Waals surface area (Å²) in [5, 5.41) is 0. The lowest BCUT2D eigenvalue weighted by atomic mass is 10.0. The van der Waals surface area contributed by atoms with Gasteiger partial charge in [-0.1, -0.05) is 31.0 Å². The summed E-state index contributed by atoms with van der Waals surface area (Å²) in [6.07, 6.45) is 5.03. The quantitative estimate of drug-likeness (QED) is 0.759. The maximum absolute atomic E-state index is 6.17. The molecule has 0 unspecified atom stereocenters. The van der Waals surface area contributed by atoms with E-state index in [9.17, 15) is 0 Å². The van der Waals surface area contributed by atoms with Crippen molar-refractivity contribution in [2.45, 2.75) is 45.4 Å². The summed E-state index contributed by atoms with van der Waals surface area (Å²) in [4.78, 5) is 9.46. The maximum Gasteiger partial charge on any atom is 0.162 e. The summed E-state index contributed by atoms with van der Waals surface area (Å²) in [6.45, 7) is 4.21. The first kappa shape index (κ1) is 14.8. The largest absolute Gasteiger partial charge is 0.383 e. The molecule has 0 aliphatic heterocycles. The zero-order valence-electron chi connectivity index (χ0n) is 12.5. The first-order valence-corrected chi connectivity index (χ1v) is 8.55. The molecule has 1 aliphatic rings. The van der Waals surface area contributed by atoms with E-state index in [2.05, 4.69) is 59.6 Å². The predicted molar refractivity (Wildman–Crippen MR) is 95.3 cm³/mol. The lowest BCUT2D eigenvalue weighted by molar-refractivity contribution is 0.691. The Morgan fingerprint density at radius 3 is 2.33 bits per heavy atom. The molecule has 1 fully saturated rings. The SMILES string of the molecule is Cc1cccc(C)c1-c1nc(N)c(I)c(C2CCCC2)n1. The van der Waals surface area contributed by atoms with Crippen molar-refractivity contribution in [1.82, 2.24) is 9.97 Å². The smallest absolute Gasteiger partial charge is 0.162 e. The molecule has 1 aromatic carbocycles. The van der Waals surface area contributed by atoms with Gasteiger partial charge in [0.15, 0.2) is 5.82 Å². The van der Waals surface area contributed by atoms with Gasteiger partial charge in [0.25, 0.3) is 0 Å². The third kappa shape index (κ3) is 2.78. The molecule has 0 radical (unpaired) electrons. The molecule has 0 atom stereocenters. The molecule has 1 aromatic heterocycles. The van der Waals surface area contributed by atoms with Crippen LogP contribution in [0.1, 0.15) is 48.4 Å². The molecule has 1 aliphatic carbocycles. The summed E-state index contributed by atoms with van der Waals surface area (Å²) < 4.78 is 1.04. The van der Waals surface area contributed by atoms with Gasteiger partial charge in [0.05, 0.1) is 9.26 Å². The van der Waals surface area contributed by atoms with Gasteiger partial charge in [-0.15, -0.1) is 0 Å². The third-order valence-corrected chi connectivity index (χ3v) is 5.45.